The van der Waals surface area contributed by atoms with Crippen molar-refractivity contribution < 1.29 is 23.5 Å². The molecule has 2 N–H and O–H groups in total. The third-order valence-corrected chi connectivity index (χ3v) is 3.15. The van der Waals surface area contributed by atoms with E-state index in [0.29, 0.717) is 11.7 Å². The molecule has 0 atom stereocenters. The van der Waals surface area contributed by atoms with Crippen molar-refractivity contribution in [1.29, 1.82) is 0 Å². The first-order valence-corrected chi connectivity index (χ1v) is 6.94. The van der Waals surface area contributed by atoms with Crippen LogP contribution in [0.25, 0.3) is 0 Å². The van der Waals surface area contributed by atoms with Gasteiger partial charge in [-0.1, -0.05) is 20.8 Å². The second-order valence-electron chi connectivity index (χ2n) is 6.05. The first-order chi connectivity index (χ1) is 10.7. The van der Waals surface area contributed by atoms with Gasteiger partial charge in [-0.3, -0.25) is 4.79 Å². The molecule has 0 saturated heterocycles. The molecule has 1 amide bonds. The highest BCUT2D eigenvalue weighted by Crippen LogP contribution is 2.22. The number of aromatic nitrogens is 1. The Labute approximate surface area is 132 Å². The number of benzene rings is 1. The van der Waals surface area contributed by atoms with E-state index in [1.54, 1.807) is 6.20 Å². The fourth-order valence-corrected chi connectivity index (χ4v) is 1.82. The molecule has 0 aliphatic rings. The van der Waals surface area contributed by atoms with Crippen LogP contribution in [0, 0.1) is 5.82 Å². The van der Waals surface area contributed by atoms with Crippen molar-refractivity contribution in [1.82, 2.24) is 10.3 Å². The minimum Gasteiger partial charge on any atom is -0.478 e. The topological polar surface area (TPSA) is 92.4 Å². The van der Waals surface area contributed by atoms with Crippen LogP contribution in [0.4, 0.5) is 4.39 Å². The van der Waals surface area contributed by atoms with E-state index in [0.717, 1.165) is 12.1 Å². The lowest BCUT2D eigenvalue weighted by molar-refractivity contribution is 0.0695. The van der Waals surface area contributed by atoms with E-state index in [4.69, 9.17) is 9.52 Å². The van der Waals surface area contributed by atoms with Gasteiger partial charge in [-0.25, -0.2) is 14.2 Å². The van der Waals surface area contributed by atoms with E-state index in [9.17, 15) is 14.0 Å². The number of rotatable bonds is 4. The summed E-state index contributed by atoms with van der Waals surface area (Å²) >= 11 is 0. The van der Waals surface area contributed by atoms with Crippen molar-refractivity contribution in [2.45, 2.75) is 32.7 Å². The molecule has 1 aromatic heterocycles. The maximum absolute atomic E-state index is 13.8. The lowest BCUT2D eigenvalue weighted by Crippen LogP contribution is -2.24. The number of halogens is 1. The number of amides is 1. The van der Waals surface area contributed by atoms with Crippen LogP contribution in [0.15, 0.2) is 28.8 Å². The Morgan fingerprint density at radius 2 is 2.04 bits per heavy atom. The van der Waals surface area contributed by atoms with Crippen molar-refractivity contribution in [3.63, 3.8) is 0 Å². The summed E-state index contributed by atoms with van der Waals surface area (Å²) in [5.74, 6) is -1.84. The van der Waals surface area contributed by atoms with Gasteiger partial charge in [0.15, 0.2) is 0 Å². The number of carboxylic acid groups (broad SMARTS) is 1. The van der Waals surface area contributed by atoms with E-state index in [1.807, 2.05) is 20.8 Å². The summed E-state index contributed by atoms with van der Waals surface area (Å²) in [5, 5.41) is 11.3. The van der Waals surface area contributed by atoms with Gasteiger partial charge in [0.05, 0.1) is 23.9 Å². The predicted molar refractivity (Wildman–Crippen MR) is 79.7 cm³/mol. The van der Waals surface area contributed by atoms with Gasteiger partial charge in [0.1, 0.15) is 11.6 Å². The van der Waals surface area contributed by atoms with Gasteiger partial charge in [-0.05, 0) is 18.2 Å². The van der Waals surface area contributed by atoms with Crippen LogP contribution in [0.3, 0.4) is 0 Å². The molecular formula is C16H17FN2O4. The predicted octanol–water partition coefficient (Wildman–Crippen LogP) is 2.74. The second-order valence-corrected chi connectivity index (χ2v) is 6.05. The molecule has 2 rings (SSSR count). The Morgan fingerprint density at radius 3 is 2.57 bits per heavy atom. The first kappa shape index (κ1) is 16.7. The van der Waals surface area contributed by atoms with Crippen LogP contribution < -0.4 is 5.32 Å². The summed E-state index contributed by atoms with van der Waals surface area (Å²) in [5.41, 5.74) is -0.659. The lowest BCUT2D eigenvalue weighted by Gasteiger charge is -2.13. The minimum atomic E-state index is -1.26. The monoisotopic (exact) mass is 320 g/mol. The van der Waals surface area contributed by atoms with Gasteiger partial charge in [-0.15, -0.1) is 0 Å². The highest BCUT2D eigenvalue weighted by molar-refractivity contribution is 5.96. The van der Waals surface area contributed by atoms with Gasteiger partial charge in [0.25, 0.3) is 5.91 Å². The zero-order valence-electron chi connectivity index (χ0n) is 13.0. The van der Waals surface area contributed by atoms with Gasteiger partial charge in [0, 0.05) is 5.41 Å². The minimum absolute atomic E-state index is 0.00896. The molecule has 7 heteroatoms. The molecule has 23 heavy (non-hydrogen) atoms. The highest BCUT2D eigenvalue weighted by Gasteiger charge is 2.20. The Balaban J connectivity index is 2.05. The molecule has 0 saturated carbocycles. The van der Waals surface area contributed by atoms with Crippen LogP contribution >= 0.6 is 0 Å². The molecule has 0 aliphatic heterocycles. The highest BCUT2D eigenvalue weighted by atomic mass is 19.1. The molecule has 0 aliphatic carbocycles. The molecule has 0 spiro atoms. The maximum atomic E-state index is 13.8. The van der Waals surface area contributed by atoms with Gasteiger partial charge >= 0.3 is 5.97 Å². The van der Waals surface area contributed by atoms with Crippen molar-refractivity contribution in [3.8, 4) is 0 Å². The molecule has 0 fully saturated rings. The van der Waals surface area contributed by atoms with Gasteiger partial charge < -0.3 is 14.8 Å². The Kier molecular flexibility index (Phi) is 4.49. The zero-order chi connectivity index (χ0) is 17.2. The van der Waals surface area contributed by atoms with Crippen molar-refractivity contribution in [2.24, 2.45) is 0 Å². The smallest absolute Gasteiger partial charge is 0.335 e. The van der Waals surface area contributed by atoms with Crippen LogP contribution in [0.2, 0.25) is 0 Å². The summed E-state index contributed by atoms with van der Waals surface area (Å²) in [4.78, 5) is 26.8. The number of hydrogen-bond donors (Lipinski definition) is 2. The number of carbonyl (C=O) groups is 2. The first-order valence-electron chi connectivity index (χ1n) is 6.94. The van der Waals surface area contributed by atoms with Crippen LogP contribution in [-0.4, -0.2) is 22.0 Å². The fourth-order valence-electron chi connectivity index (χ4n) is 1.82. The number of hydrogen-bond acceptors (Lipinski definition) is 4. The van der Waals surface area contributed by atoms with Crippen molar-refractivity contribution in [2.75, 3.05) is 0 Å². The van der Waals surface area contributed by atoms with E-state index >= 15 is 0 Å². The van der Waals surface area contributed by atoms with Crippen LogP contribution in [-0.2, 0) is 12.0 Å². The fraction of sp³-hybridized carbons (Fsp3) is 0.312. The number of nitrogens with one attached hydrogen (secondary N) is 1. The van der Waals surface area contributed by atoms with Crippen LogP contribution in [0.1, 0.15) is 53.1 Å². The molecule has 0 bridgehead atoms. The summed E-state index contributed by atoms with van der Waals surface area (Å²) in [7, 11) is 0. The number of carbonyl (C=O) groups excluding carboxylic acids is 1. The molecule has 1 aromatic carbocycles. The largest absolute Gasteiger partial charge is 0.478 e. The number of oxazole rings is 1. The Bertz CT molecular complexity index is 747. The third-order valence-electron chi connectivity index (χ3n) is 3.15. The third kappa shape index (κ3) is 3.94. The maximum Gasteiger partial charge on any atom is 0.335 e. The van der Waals surface area contributed by atoms with E-state index in [2.05, 4.69) is 10.3 Å². The molecule has 0 unspecified atom stereocenters. The molecular weight excluding hydrogens is 303 g/mol. The average molecular weight is 320 g/mol. The summed E-state index contributed by atoms with van der Waals surface area (Å²) < 4.78 is 19.3. The SMILES string of the molecule is CC(C)(C)c1cnc(CNC(=O)c2ccc(C(=O)O)cc2F)o1. The quantitative estimate of drug-likeness (QED) is 0.903. The second kappa shape index (κ2) is 6.20. The molecule has 2 aromatic rings. The van der Waals surface area contributed by atoms with Gasteiger partial charge in [0.2, 0.25) is 5.89 Å². The van der Waals surface area contributed by atoms with Crippen molar-refractivity contribution >= 4 is 11.9 Å². The summed E-state index contributed by atoms with van der Waals surface area (Å²) in [6.07, 6.45) is 1.59. The lowest BCUT2D eigenvalue weighted by atomic mass is 9.94. The van der Waals surface area contributed by atoms with E-state index < -0.39 is 17.7 Å². The summed E-state index contributed by atoms with van der Waals surface area (Å²) in [6.45, 7) is 5.91. The van der Waals surface area contributed by atoms with Crippen LogP contribution in [0.5, 0.6) is 0 Å². The molecule has 6 nitrogen and oxygen atoms in total. The standard InChI is InChI=1S/C16H17FN2O4/c1-16(2,3)12-7-18-13(23-12)8-19-14(20)10-5-4-9(15(21)22)6-11(10)17/h4-7H,8H2,1-3H3,(H,19,20)(H,21,22). The number of aromatic carboxylic acids is 1. The van der Waals surface area contributed by atoms with Gasteiger partial charge in [-0.2, -0.15) is 0 Å². The van der Waals surface area contributed by atoms with Crippen molar-refractivity contribution in [3.05, 3.63) is 53.0 Å². The number of carboxylic acids is 1. The molecule has 122 valence electrons. The average Bonchev–Trinajstić information content (AvgIpc) is 2.93. The zero-order valence-corrected chi connectivity index (χ0v) is 13.0. The molecule has 0 radical (unpaired) electrons. The molecule has 1 heterocycles. The number of nitrogens with zero attached hydrogens (tertiary/aromatic N) is 1. The van der Waals surface area contributed by atoms with E-state index in [-0.39, 0.29) is 23.1 Å². The Morgan fingerprint density at radius 1 is 1.35 bits per heavy atom. The normalized spacial score (nSPS) is 11.3. The Hall–Kier alpha value is -2.70. The van der Waals surface area contributed by atoms with E-state index in [1.165, 1.54) is 6.07 Å². The summed E-state index contributed by atoms with van der Waals surface area (Å²) in [6, 6.07) is 3.10.